The molecule has 4 rings (SSSR count). The summed E-state index contributed by atoms with van der Waals surface area (Å²) in [5.74, 6) is -0.968. The van der Waals surface area contributed by atoms with Gasteiger partial charge in [0.1, 0.15) is 0 Å². The zero-order valence-corrected chi connectivity index (χ0v) is 13.9. The largest absolute Gasteiger partial charge is 0.478 e. The van der Waals surface area contributed by atoms with Gasteiger partial charge in [0, 0.05) is 16.8 Å². The fourth-order valence-electron chi connectivity index (χ4n) is 2.65. The van der Waals surface area contributed by atoms with Crippen molar-refractivity contribution >= 4 is 28.5 Å². The smallest absolute Gasteiger partial charge is 0.338 e. The summed E-state index contributed by atoms with van der Waals surface area (Å²) >= 11 is 6.22. The molecule has 0 aliphatic heterocycles. The van der Waals surface area contributed by atoms with Crippen molar-refractivity contribution in [3.05, 3.63) is 75.8 Å². The third kappa shape index (κ3) is 2.74. The number of benzene rings is 2. The lowest BCUT2D eigenvalue weighted by Gasteiger charge is -2.07. The molecule has 0 amide bonds. The van der Waals surface area contributed by atoms with Crippen LogP contribution in [-0.2, 0) is 0 Å². The van der Waals surface area contributed by atoms with Gasteiger partial charge in [-0.15, -0.1) is 0 Å². The highest BCUT2D eigenvalue weighted by molar-refractivity contribution is 6.33. The second-order valence-electron chi connectivity index (χ2n) is 5.58. The van der Waals surface area contributed by atoms with Gasteiger partial charge in [-0.3, -0.25) is 9.78 Å². The molecule has 0 saturated carbocycles. The number of aromatic amines is 1. The Labute approximate surface area is 151 Å². The molecule has 0 atom stereocenters. The van der Waals surface area contributed by atoms with Gasteiger partial charge in [0.05, 0.1) is 22.7 Å². The summed E-state index contributed by atoms with van der Waals surface area (Å²) in [4.78, 5) is 30.4. The number of rotatable bonds is 3. The van der Waals surface area contributed by atoms with Crippen LogP contribution in [0.4, 0.5) is 0 Å². The van der Waals surface area contributed by atoms with E-state index in [4.69, 9.17) is 16.7 Å². The molecule has 0 fully saturated rings. The first-order valence-corrected chi connectivity index (χ1v) is 7.98. The molecule has 2 aromatic carbocycles. The molecule has 0 bridgehead atoms. The summed E-state index contributed by atoms with van der Waals surface area (Å²) in [5, 5.41) is 13.9. The molecule has 0 saturated heterocycles. The van der Waals surface area contributed by atoms with E-state index in [1.54, 1.807) is 18.2 Å². The number of H-pyrrole nitrogens is 1. The van der Waals surface area contributed by atoms with Crippen LogP contribution in [0.15, 0.2) is 59.7 Å². The quantitative estimate of drug-likeness (QED) is 0.580. The van der Waals surface area contributed by atoms with Crippen LogP contribution in [0.1, 0.15) is 10.4 Å². The maximum Gasteiger partial charge on any atom is 0.338 e. The molecule has 8 heteroatoms. The van der Waals surface area contributed by atoms with Crippen molar-refractivity contribution in [1.29, 1.82) is 0 Å². The summed E-state index contributed by atoms with van der Waals surface area (Å²) in [7, 11) is 0. The predicted molar refractivity (Wildman–Crippen MR) is 96.9 cm³/mol. The third-order valence-corrected chi connectivity index (χ3v) is 4.25. The number of carboxylic acid groups (broad SMARTS) is 1. The second kappa shape index (κ2) is 6.12. The molecule has 0 radical (unpaired) electrons. The van der Waals surface area contributed by atoms with Crippen LogP contribution in [0.25, 0.3) is 28.0 Å². The van der Waals surface area contributed by atoms with E-state index in [2.05, 4.69) is 15.1 Å². The van der Waals surface area contributed by atoms with Gasteiger partial charge in [0.2, 0.25) is 5.95 Å². The molecule has 2 aromatic heterocycles. The van der Waals surface area contributed by atoms with Crippen LogP contribution in [0.5, 0.6) is 0 Å². The van der Waals surface area contributed by atoms with Gasteiger partial charge in [-0.2, -0.15) is 5.10 Å². The lowest BCUT2D eigenvalue weighted by atomic mass is 10.0. The lowest BCUT2D eigenvalue weighted by molar-refractivity contribution is 0.0697. The summed E-state index contributed by atoms with van der Waals surface area (Å²) in [6, 6.07) is 12.6. The first-order valence-electron chi connectivity index (χ1n) is 7.60. The molecule has 0 unspecified atom stereocenters. The van der Waals surface area contributed by atoms with Crippen LogP contribution >= 0.6 is 11.6 Å². The molecule has 128 valence electrons. The zero-order valence-electron chi connectivity index (χ0n) is 13.2. The molecule has 26 heavy (non-hydrogen) atoms. The van der Waals surface area contributed by atoms with Gasteiger partial charge in [0.25, 0.3) is 5.56 Å². The summed E-state index contributed by atoms with van der Waals surface area (Å²) in [5.41, 5.74) is 1.73. The number of carbonyl (C=O) groups is 1. The number of nitrogens with zero attached hydrogens (tertiary/aromatic N) is 3. The molecule has 7 nitrogen and oxygen atoms in total. The van der Waals surface area contributed by atoms with Crippen molar-refractivity contribution < 1.29 is 9.90 Å². The minimum Gasteiger partial charge on any atom is -0.478 e. The van der Waals surface area contributed by atoms with Crippen molar-refractivity contribution in [1.82, 2.24) is 19.7 Å². The Morgan fingerprint density at radius 1 is 1.19 bits per heavy atom. The first kappa shape index (κ1) is 16.0. The Morgan fingerprint density at radius 3 is 2.73 bits per heavy atom. The first-order chi connectivity index (χ1) is 12.5. The van der Waals surface area contributed by atoms with Crippen molar-refractivity contribution in [2.45, 2.75) is 0 Å². The standard InChI is InChI=1S/C18H11ClN4O3/c19-14-4-2-1-3-12(14)10-5-6-15-13(7-10)16(24)22-18(21-15)23-9-11(8-20-23)17(25)26/h1-9H,(H,25,26)(H,21,22,24). The number of fused-ring (bicyclic) bond motifs is 1. The number of nitrogens with one attached hydrogen (secondary N) is 1. The average Bonchev–Trinajstić information content (AvgIpc) is 3.12. The predicted octanol–water partition coefficient (Wildman–Crippen LogP) is 3.13. The summed E-state index contributed by atoms with van der Waals surface area (Å²) < 4.78 is 1.21. The highest BCUT2D eigenvalue weighted by Gasteiger charge is 2.12. The highest BCUT2D eigenvalue weighted by atomic mass is 35.5. The van der Waals surface area contributed by atoms with E-state index in [1.807, 2.05) is 24.3 Å². The maximum absolute atomic E-state index is 12.5. The Kier molecular flexibility index (Phi) is 3.78. The number of halogens is 1. The topological polar surface area (TPSA) is 101 Å². The van der Waals surface area contributed by atoms with E-state index >= 15 is 0 Å². The van der Waals surface area contributed by atoms with Crippen LogP contribution in [0.3, 0.4) is 0 Å². The van der Waals surface area contributed by atoms with E-state index in [0.29, 0.717) is 15.9 Å². The van der Waals surface area contributed by atoms with Crippen LogP contribution < -0.4 is 5.56 Å². The van der Waals surface area contributed by atoms with E-state index in [-0.39, 0.29) is 17.1 Å². The minimum absolute atomic E-state index is 0.00168. The van der Waals surface area contributed by atoms with Gasteiger partial charge >= 0.3 is 5.97 Å². The fourth-order valence-corrected chi connectivity index (χ4v) is 2.89. The fraction of sp³-hybridized carbons (Fsp3) is 0. The van der Waals surface area contributed by atoms with Crippen molar-refractivity contribution in [3.8, 4) is 17.1 Å². The molecule has 2 heterocycles. The normalized spacial score (nSPS) is 11.0. The van der Waals surface area contributed by atoms with E-state index in [1.165, 1.54) is 17.1 Å². The van der Waals surface area contributed by atoms with E-state index in [0.717, 1.165) is 11.1 Å². The van der Waals surface area contributed by atoms with Gasteiger partial charge in [-0.25, -0.2) is 14.5 Å². The van der Waals surface area contributed by atoms with Crippen LogP contribution in [0.2, 0.25) is 5.02 Å². The molecule has 0 aliphatic rings. The Balaban J connectivity index is 1.84. The Morgan fingerprint density at radius 2 is 2.00 bits per heavy atom. The van der Waals surface area contributed by atoms with E-state index in [9.17, 15) is 9.59 Å². The monoisotopic (exact) mass is 366 g/mol. The number of hydrogen-bond donors (Lipinski definition) is 2. The van der Waals surface area contributed by atoms with Gasteiger partial charge < -0.3 is 5.11 Å². The molecule has 0 spiro atoms. The van der Waals surface area contributed by atoms with Crippen molar-refractivity contribution in [2.24, 2.45) is 0 Å². The molecule has 4 aromatic rings. The van der Waals surface area contributed by atoms with Gasteiger partial charge in [-0.05, 0) is 23.8 Å². The summed E-state index contributed by atoms with van der Waals surface area (Å²) in [6.45, 7) is 0. The number of aromatic carboxylic acids is 1. The maximum atomic E-state index is 12.5. The Bertz CT molecular complexity index is 1210. The highest BCUT2D eigenvalue weighted by Crippen LogP contribution is 2.28. The van der Waals surface area contributed by atoms with Crippen LogP contribution in [-0.4, -0.2) is 30.8 Å². The number of aromatic nitrogens is 4. The van der Waals surface area contributed by atoms with Gasteiger partial charge in [-0.1, -0.05) is 35.9 Å². The van der Waals surface area contributed by atoms with Crippen LogP contribution in [0, 0.1) is 0 Å². The molecule has 2 N–H and O–H groups in total. The number of carboxylic acids is 1. The van der Waals surface area contributed by atoms with E-state index < -0.39 is 5.97 Å². The zero-order chi connectivity index (χ0) is 18.3. The summed E-state index contributed by atoms with van der Waals surface area (Å²) in [6.07, 6.45) is 2.47. The average molecular weight is 367 g/mol. The van der Waals surface area contributed by atoms with Gasteiger partial charge in [0.15, 0.2) is 0 Å². The van der Waals surface area contributed by atoms with Crippen molar-refractivity contribution in [3.63, 3.8) is 0 Å². The van der Waals surface area contributed by atoms with Crippen molar-refractivity contribution in [2.75, 3.05) is 0 Å². The Hall–Kier alpha value is -3.45. The molecular weight excluding hydrogens is 356 g/mol. The SMILES string of the molecule is O=C(O)c1cnn(-c2nc3ccc(-c4ccccc4Cl)cc3c(=O)[nH]2)c1. The number of hydrogen-bond acceptors (Lipinski definition) is 4. The lowest BCUT2D eigenvalue weighted by Crippen LogP contribution is -2.14. The second-order valence-corrected chi connectivity index (χ2v) is 5.99. The molecular formula is C18H11ClN4O3. The third-order valence-electron chi connectivity index (χ3n) is 3.92. The molecule has 0 aliphatic carbocycles. The minimum atomic E-state index is -1.11.